The molecule has 0 aliphatic rings. The molecule has 1 aromatic rings. The molecule has 3 N–H and O–H groups in total. The van der Waals surface area contributed by atoms with Crippen LogP contribution in [0, 0.1) is 6.92 Å². The van der Waals surface area contributed by atoms with Crippen molar-refractivity contribution in [2.45, 2.75) is 33.1 Å². The van der Waals surface area contributed by atoms with Crippen LogP contribution >= 0.6 is 12.2 Å². The van der Waals surface area contributed by atoms with Crippen LogP contribution < -0.4 is 20.9 Å². The molecule has 0 unspecified atom stereocenters. The molecule has 8 nitrogen and oxygen atoms in total. The van der Waals surface area contributed by atoms with Gasteiger partial charge in [0, 0.05) is 6.42 Å². The first-order chi connectivity index (χ1) is 12.4. The van der Waals surface area contributed by atoms with Crippen LogP contribution in [0.25, 0.3) is 0 Å². The largest absolute Gasteiger partial charge is 0.484 e. The summed E-state index contributed by atoms with van der Waals surface area (Å²) < 4.78 is 10.2. The lowest BCUT2D eigenvalue weighted by Crippen LogP contribution is -2.49. The maximum Gasteiger partial charge on any atom is 0.306 e. The molecule has 0 saturated heterocycles. The van der Waals surface area contributed by atoms with Gasteiger partial charge in [0.15, 0.2) is 11.7 Å². The molecule has 0 aliphatic carbocycles. The highest BCUT2D eigenvalue weighted by Gasteiger charge is 2.10. The molecular formula is C17H23N3O5S. The Morgan fingerprint density at radius 1 is 1.12 bits per heavy atom. The van der Waals surface area contributed by atoms with Crippen molar-refractivity contribution in [2.24, 2.45) is 0 Å². The maximum atomic E-state index is 11.7. The average molecular weight is 381 g/mol. The molecule has 142 valence electrons. The van der Waals surface area contributed by atoms with E-state index in [9.17, 15) is 14.4 Å². The minimum Gasteiger partial charge on any atom is -0.484 e. The van der Waals surface area contributed by atoms with Crippen LogP contribution in [-0.4, -0.2) is 36.1 Å². The molecule has 2 amide bonds. The molecule has 0 aliphatic heterocycles. The molecule has 9 heteroatoms. The van der Waals surface area contributed by atoms with Gasteiger partial charge in [-0.25, -0.2) is 0 Å². The van der Waals surface area contributed by atoms with E-state index in [-0.39, 0.29) is 24.6 Å². The normalized spacial score (nSPS) is 9.77. The van der Waals surface area contributed by atoms with Crippen molar-refractivity contribution >= 4 is 35.1 Å². The Labute approximate surface area is 157 Å². The SMILES string of the molecule is CCCOC(=O)CCC(=O)NC(=S)NNC(=O)COc1cccc(C)c1. The molecule has 26 heavy (non-hydrogen) atoms. The van der Waals surface area contributed by atoms with Crippen molar-refractivity contribution in [1.82, 2.24) is 16.2 Å². The lowest BCUT2D eigenvalue weighted by atomic mass is 10.2. The number of thiocarbonyl (C=S) groups is 1. The summed E-state index contributed by atoms with van der Waals surface area (Å²) in [4.78, 5) is 34.6. The Balaban J connectivity index is 2.19. The molecule has 1 aromatic carbocycles. The zero-order valence-electron chi connectivity index (χ0n) is 14.8. The van der Waals surface area contributed by atoms with Crippen LogP contribution in [0.1, 0.15) is 31.7 Å². The third-order valence-electron chi connectivity index (χ3n) is 2.95. The molecule has 0 aromatic heterocycles. The summed E-state index contributed by atoms with van der Waals surface area (Å²) in [5, 5.41) is 2.26. The second-order valence-electron chi connectivity index (χ2n) is 5.38. The number of hydrogen-bond acceptors (Lipinski definition) is 6. The number of amides is 2. The Kier molecular flexibility index (Phi) is 9.70. The maximum absolute atomic E-state index is 11.7. The summed E-state index contributed by atoms with van der Waals surface area (Å²) in [7, 11) is 0. The molecule has 0 atom stereocenters. The molecule has 0 fully saturated rings. The van der Waals surface area contributed by atoms with Crippen molar-refractivity contribution in [1.29, 1.82) is 0 Å². The van der Waals surface area contributed by atoms with Gasteiger partial charge in [0.05, 0.1) is 13.0 Å². The molecule has 1 rings (SSSR count). The van der Waals surface area contributed by atoms with E-state index < -0.39 is 17.8 Å². The van der Waals surface area contributed by atoms with Crippen LogP contribution in [0.4, 0.5) is 0 Å². The minimum atomic E-state index is -0.466. The third kappa shape index (κ3) is 9.58. The van der Waals surface area contributed by atoms with Gasteiger partial charge in [0.2, 0.25) is 5.91 Å². The standard InChI is InChI=1S/C17H23N3O5S/c1-3-9-24-16(23)8-7-14(21)18-17(26)20-19-15(22)11-25-13-6-4-5-12(2)10-13/h4-6,10H,3,7-9,11H2,1-2H3,(H,19,22)(H2,18,20,21,26). The molecule has 0 saturated carbocycles. The van der Waals surface area contributed by atoms with Gasteiger partial charge in [0.1, 0.15) is 5.75 Å². The zero-order chi connectivity index (χ0) is 19.4. The van der Waals surface area contributed by atoms with Gasteiger partial charge in [-0.15, -0.1) is 0 Å². The average Bonchev–Trinajstić information content (AvgIpc) is 2.61. The number of hydrogen-bond donors (Lipinski definition) is 3. The molecule has 0 radical (unpaired) electrons. The minimum absolute atomic E-state index is 0.0366. The lowest BCUT2D eigenvalue weighted by Gasteiger charge is -2.11. The number of rotatable bonds is 8. The van der Waals surface area contributed by atoms with Crippen LogP contribution in [0.5, 0.6) is 5.75 Å². The highest BCUT2D eigenvalue weighted by Crippen LogP contribution is 2.11. The van der Waals surface area contributed by atoms with Crippen LogP contribution in [0.3, 0.4) is 0 Å². The van der Waals surface area contributed by atoms with Gasteiger partial charge >= 0.3 is 5.97 Å². The van der Waals surface area contributed by atoms with Crippen molar-refractivity contribution in [3.63, 3.8) is 0 Å². The number of hydrazine groups is 1. The molecule has 0 heterocycles. The summed E-state index contributed by atoms with van der Waals surface area (Å²) in [5.74, 6) is -0.791. The van der Waals surface area contributed by atoms with Gasteiger partial charge in [-0.2, -0.15) is 0 Å². The number of carbonyl (C=O) groups excluding carboxylic acids is 3. The van der Waals surface area contributed by atoms with E-state index in [1.165, 1.54) is 0 Å². The molecular weight excluding hydrogens is 358 g/mol. The van der Waals surface area contributed by atoms with Crippen LogP contribution in [0.2, 0.25) is 0 Å². The fourth-order valence-electron chi connectivity index (χ4n) is 1.74. The van der Waals surface area contributed by atoms with Crippen LogP contribution in [-0.2, 0) is 19.1 Å². The van der Waals surface area contributed by atoms with Gasteiger partial charge in [0.25, 0.3) is 5.91 Å². The lowest BCUT2D eigenvalue weighted by molar-refractivity contribution is -0.144. The van der Waals surface area contributed by atoms with E-state index in [2.05, 4.69) is 16.2 Å². The number of esters is 1. The summed E-state index contributed by atoms with van der Waals surface area (Å²) in [5.41, 5.74) is 5.71. The predicted octanol–water partition coefficient (Wildman–Crippen LogP) is 1.13. The second-order valence-corrected chi connectivity index (χ2v) is 5.78. The number of carbonyl (C=O) groups is 3. The predicted molar refractivity (Wildman–Crippen MR) is 99.2 cm³/mol. The quantitative estimate of drug-likeness (QED) is 0.352. The van der Waals surface area contributed by atoms with Crippen molar-refractivity contribution < 1.29 is 23.9 Å². The first-order valence-corrected chi connectivity index (χ1v) is 8.55. The monoisotopic (exact) mass is 381 g/mol. The van der Waals surface area contributed by atoms with E-state index in [4.69, 9.17) is 21.7 Å². The smallest absolute Gasteiger partial charge is 0.306 e. The Hall–Kier alpha value is -2.68. The van der Waals surface area contributed by atoms with Gasteiger partial charge in [-0.3, -0.25) is 25.2 Å². The van der Waals surface area contributed by atoms with Crippen LogP contribution in [0.15, 0.2) is 24.3 Å². The second kappa shape index (κ2) is 11.8. The van der Waals surface area contributed by atoms with Crippen molar-refractivity contribution in [3.8, 4) is 5.75 Å². The van der Waals surface area contributed by atoms with Gasteiger partial charge in [-0.1, -0.05) is 19.1 Å². The summed E-state index contributed by atoms with van der Waals surface area (Å²) in [6.07, 6.45) is 0.624. The van der Waals surface area contributed by atoms with E-state index in [0.29, 0.717) is 12.4 Å². The highest BCUT2D eigenvalue weighted by atomic mass is 32.1. The molecule has 0 spiro atoms. The topological polar surface area (TPSA) is 106 Å². The fraction of sp³-hybridized carbons (Fsp3) is 0.412. The van der Waals surface area contributed by atoms with Crippen molar-refractivity contribution in [3.05, 3.63) is 29.8 Å². The fourth-order valence-corrected chi connectivity index (χ4v) is 1.91. The highest BCUT2D eigenvalue weighted by molar-refractivity contribution is 7.80. The summed E-state index contributed by atoms with van der Waals surface area (Å²) in [6, 6.07) is 7.28. The van der Waals surface area contributed by atoms with Crippen molar-refractivity contribution in [2.75, 3.05) is 13.2 Å². The van der Waals surface area contributed by atoms with E-state index in [1.807, 2.05) is 26.0 Å². The van der Waals surface area contributed by atoms with E-state index in [0.717, 1.165) is 12.0 Å². The number of ether oxygens (including phenoxy) is 2. The zero-order valence-corrected chi connectivity index (χ0v) is 15.6. The number of benzene rings is 1. The van der Waals surface area contributed by atoms with E-state index in [1.54, 1.807) is 12.1 Å². The first-order valence-electron chi connectivity index (χ1n) is 8.14. The van der Waals surface area contributed by atoms with Gasteiger partial charge in [-0.05, 0) is 43.3 Å². The summed E-state index contributed by atoms with van der Waals surface area (Å²) in [6.45, 7) is 3.91. The van der Waals surface area contributed by atoms with Gasteiger partial charge < -0.3 is 14.8 Å². The third-order valence-corrected chi connectivity index (χ3v) is 3.16. The molecule has 0 bridgehead atoms. The van der Waals surface area contributed by atoms with E-state index >= 15 is 0 Å². The Bertz CT molecular complexity index is 651. The number of nitrogens with one attached hydrogen (secondary N) is 3. The summed E-state index contributed by atoms with van der Waals surface area (Å²) >= 11 is 4.88. The Morgan fingerprint density at radius 2 is 1.88 bits per heavy atom. The number of aryl methyl sites for hydroxylation is 1. The first kappa shape index (κ1) is 21.4. The Morgan fingerprint density at radius 3 is 2.58 bits per heavy atom.